The zero-order chi connectivity index (χ0) is 61.9. The van der Waals surface area contributed by atoms with Crippen molar-refractivity contribution in [3.63, 3.8) is 0 Å². The molecule has 0 nitrogen and oxygen atoms in total. The topological polar surface area (TPSA) is 0 Å². The normalized spacial score (nSPS) is 14.1. The molecule has 0 fully saturated rings. The Labute approximate surface area is 525 Å². The molecule has 0 unspecified atom stereocenters. The molecule has 0 heterocycles. The first-order valence-corrected chi connectivity index (χ1v) is 33.3. The Balaban J connectivity index is 1.10. The van der Waals surface area contributed by atoms with Crippen LogP contribution >= 0.6 is 0 Å². The number of fused-ring (bicyclic) bond motifs is 6. The van der Waals surface area contributed by atoms with E-state index in [1.165, 1.54) is 261 Å². The number of hydrogen-bond acceptors (Lipinski definition) is 0. The Hall–Kier alpha value is -8.84. The summed E-state index contributed by atoms with van der Waals surface area (Å²) in [4.78, 5) is 0. The monoisotopic (exact) mass is 1150 g/mol. The fourth-order valence-electron chi connectivity index (χ4n) is 19.5. The molecule has 0 saturated heterocycles. The van der Waals surface area contributed by atoms with Crippen molar-refractivity contribution in [1.29, 1.82) is 0 Å². The molecule has 20 aromatic rings. The second-order valence-corrected chi connectivity index (χ2v) is 33.0. The van der Waals surface area contributed by atoms with Gasteiger partial charge in [-0.3, -0.25) is 0 Å². The third kappa shape index (κ3) is 5.86. The fourth-order valence-corrected chi connectivity index (χ4v) is 19.5. The SMILES string of the molecule is Cc1cc(C)c(-c2c3cc(C(C)(C)C)cc4c5ccc6c7ccc8c9cc(C(C)(C)C)cc%10c(-c%11c(C)cc(C)cc%11C)c%11cc(C(C)(C)C)cc%12c%13ccc%14c%15ccc%16c%17cc(C(C)(C)C)cc2c%17c(c34)c2c5c6c(c%15c%162)c2c7c8c(c%13c%142)c(c%109)c%11%12)c(C)c1. The van der Waals surface area contributed by atoms with Gasteiger partial charge in [0.05, 0.1) is 0 Å². The Morgan fingerprint density at radius 1 is 0.167 bits per heavy atom. The zero-order valence-electron chi connectivity index (χ0n) is 55.5. The van der Waals surface area contributed by atoms with E-state index in [0.717, 1.165) is 0 Å². The molecule has 0 bridgehead atoms. The maximum atomic E-state index is 2.63. The minimum Gasteiger partial charge on any atom is -0.0561 e. The number of benzene rings is 20. The van der Waals surface area contributed by atoms with Crippen LogP contribution in [0.15, 0.2) is 121 Å². The molecule has 0 aliphatic heterocycles. The number of aryl methyl sites for hydroxylation is 6. The molecule has 0 aromatic heterocycles. The summed E-state index contributed by atoms with van der Waals surface area (Å²) in [6.07, 6.45) is 0. The Morgan fingerprint density at radius 3 is 0.522 bits per heavy atom. The second kappa shape index (κ2) is 15.6. The maximum absolute atomic E-state index is 2.63. The van der Waals surface area contributed by atoms with Crippen LogP contribution in [0.2, 0.25) is 0 Å². The van der Waals surface area contributed by atoms with Gasteiger partial charge in [-0.25, -0.2) is 0 Å². The first-order chi connectivity index (χ1) is 42.7. The van der Waals surface area contributed by atoms with E-state index in [9.17, 15) is 0 Å². The lowest BCUT2D eigenvalue weighted by atomic mass is 9.70. The minimum atomic E-state index is -0.103. The van der Waals surface area contributed by atoms with Crippen LogP contribution in [0.3, 0.4) is 0 Å². The van der Waals surface area contributed by atoms with E-state index in [2.05, 4.69) is 246 Å². The lowest BCUT2D eigenvalue weighted by Gasteiger charge is -2.32. The Morgan fingerprint density at radius 2 is 0.333 bits per heavy atom. The highest BCUT2D eigenvalue weighted by atomic mass is 14.4. The summed E-state index contributed by atoms with van der Waals surface area (Å²) < 4.78 is 0. The van der Waals surface area contributed by atoms with Gasteiger partial charge in [0.2, 0.25) is 0 Å². The molecule has 0 radical (unpaired) electrons. The fraction of sp³-hybridized carbons (Fsp3) is 0.244. The molecule has 20 aromatic carbocycles. The molecule has 0 saturated carbocycles. The highest BCUT2D eigenvalue weighted by Crippen LogP contribution is 2.64. The number of rotatable bonds is 2. The van der Waals surface area contributed by atoms with Gasteiger partial charge in [0.25, 0.3) is 0 Å². The second-order valence-electron chi connectivity index (χ2n) is 33.0. The molecular formula is C90H74. The van der Waals surface area contributed by atoms with Crippen LogP contribution in [0.1, 0.15) is 139 Å². The van der Waals surface area contributed by atoms with Gasteiger partial charge in [-0.15, -0.1) is 0 Å². The first kappa shape index (κ1) is 52.0. The number of hydrogen-bond donors (Lipinski definition) is 0. The summed E-state index contributed by atoms with van der Waals surface area (Å²) >= 11 is 0. The molecule has 0 amide bonds. The molecule has 90 heavy (non-hydrogen) atoms. The highest BCUT2D eigenvalue weighted by molar-refractivity contribution is 6.63. The van der Waals surface area contributed by atoms with E-state index < -0.39 is 0 Å². The van der Waals surface area contributed by atoms with Crippen LogP contribution in [0, 0.1) is 41.5 Å². The van der Waals surface area contributed by atoms with Gasteiger partial charge in [0.15, 0.2) is 0 Å². The van der Waals surface area contributed by atoms with Crippen LogP contribution in [0.5, 0.6) is 0 Å². The molecule has 434 valence electrons. The largest absolute Gasteiger partial charge is 0.0561 e. The van der Waals surface area contributed by atoms with Crippen LogP contribution in [-0.4, -0.2) is 0 Å². The zero-order valence-corrected chi connectivity index (χ0v) is 55.5. The quantitative estimate of drug-likeness (QED) is 0.120. The van der Waals surface area contributed by atoms with Crippen molar-refractivity contribution in [2.75, 3.05) is 0 Å². The predicted molar refractivity (Wildman–Crippen MR) is 399 cm³/mol. The predicted octanol–water partition coefficient (Wildman–Crippen LogP) is 26.6. The molecule has 0 atom stereocenters. The molecule has 20 rings (SSSR count). The van der Waals surface area contributed by atoms with E-state index >= 15 is 0 Å². The van der Waals surface area contributed by atoms with Crippen molar-refractivity contribution < 1.29 is 0 Å². The lowest BCUT2D eigenvalue weighted by molar-refractivity contribution is 0.591. The van der Waals surface area contributed by atoms with Gasteiger partial charge in [0, 0.05) is 0 Å². The minimum absolute atomic E-state index is 0.103. The Kier molecular flexibility index (Phi) is 9.04. The van der Waals surface area contributed by atoms with Crippen molar-refractivity contribution in [1.82, 2.24) is 0 Å². The van der Waals surface area contributed by atoms with Crippen LogP contribution < -0.4 is 0 Å². The highest BCUT2D eigenvalue weighted by Gasteiger charge is 2.37. The van der Waals surface area contributed by atoms with E-state index in [1.54, 1.807) is 0 Å². The van der Waals surface area contributed by atoms with Crippen molar-refractivity contribution >= 4 is 183 Å². The third-order valence-corrected chi connectivity index (χ3v) is 23.3. The summed E-state index contributed by atoms with van der Waals surface area (Å²) in [7, 11) is 0. The lowest BCUT2D eigenvalue weighted by Crippen LogP contribution is -2.12. The first-order valence-electron chi connectivity index (χ1n) is 33.3. The van der Waals surface area contributed by atoms with Crippen LogP contribution in [0.4, 0.5) is 0 Å². The van der Waals surface area contributed by atoms with Gasteiger partial charge >= 0.3 is 0 Å². The van der Waals surface area contributed by atoms with Gasteiger partial charge in [0.1, 0.15) is 0 Å². The van der Waals surface area contributed by atoms with Gasteiger partial charge in [-0.05, 0) is 362 Å². The standard InChI is InChI=1S/C90H74/c1-39-27-41(3)65(42(4)28-39)71-61-35-45(87(7,8)9)31-57-53-23-19-49-51-21-25-55-59-33-47(89(13,14)15)37-63-69(59)82-70-60(34-48(90(16,17)18)38-64(70)72(63)66-43(5)29-40(2)30-44(66)6)56-26-22-52-50-20-24-54-58-32-46(88(10,11)12)36-62(71)68(58)81(67(57)61)83-77(53)73(49)85(74(50)78(54)83)86-75(51)79(55)84(82)80(56)76(52)86/h19-38H,1-18H3. The molecule has 0 aliphatic rings. The summed E-state index contributed by atoms with van der Waals surface area (Å²) in [5, 5.41) is 48.0. The van der Waals surface area contributed by atoms with Crippen molar-refractivity contribution in [3.05, 3.63) is 177 Å². The molecule has 0 heteroatoms. The summed E-state index contributed by atoms with van der Waals surface area (Å²) in [5.74, 6) is 0. The molecular weight excluding hydrogens is 1080 g/mol. The Bertz CT molecular complexity index is 5840. The van der Waals surface area contributed by atoms with Crippen LogP contribution in [-0.2, 0) is 21.7 Å². The van der Waals surface area contributed by atoms with E-state index in [1.807, 2.05) is 0 Å². The maximum Gasteiger partial charge on any atom is -0.0000476 e. The van der Waals surface area contributed by atoms with Crippen molar-refractivity contribution in [3.8, 4) is 22.3 Å². The molecule has 0 N–H and O–H groups in total. The average molecular weight is 1160 g/mol. The van der Waals surface area contributed by atoms with Crippen LogP contribution in [0.25, 0.3) is 205 Å². The van der Waals surface area contributed by atoms with Gasteiger partial charge in [-0.2, -0.15) is 0 Å². The van der Waals surface area contributed by atoms with Crippen molar-refractivity contribution in [2.45, 2.75) is 146 Å². The van der Waals surface area contributed by atoms with Gasteiger partial charge in [-0.1, -0.05) is 167 Å². The van der Waals surface area contributed by atoms with E-state index in [-0.39, 0.29) is 21.7 Å². The third-order valence-electron chi connectivity index (χ3n) is 23.3. The summed E-state index contributed by atoms with van der Waals surface area (Å²) in [5.41, 5.74) is 18.7. The molecule has 0 aliphatic carbocycles. The van der Waals surface area contributed by atoms with E-state index in [0.29, 0.717) is 0 Å². The average Bonchev–Trinajstić information content (AvgIpc) is 0.642. The molecule has 0 spiro atoms. The smallest absolute Gasteiger partial charge is 0.0000476 e. The van der Waals surface area contributed by atoms with Crippen molar-refractivity contribution in [2.24, 2.45) is 0 Å². The summed E-state index contributed by atoms with van der Waals surface area (Å²) in [6, 6.07) is 51.3. The van der Waals surface area contributed by atoms with E-state index in [4.69, 9.17) is 0 Å². The summed E-state index contributed by atoms with van der Waals surface area (Å²) in [6.45, 7) is 43.0. The van der Waals surface area contributed by atoms with Gasteiger partial charge < -0.3 is 0 Å².